The molecule has 1 aromatic carbocycles. The van der Waals surface area contributed by atoms with Crippen molar-refractivity contribution in [3.05, 3.63) is 28.8 Å². The molecule has 0 aliphatic rings. The number of sulfonamides is 1. The lowest BCUT2D eigenvalue weighted by atomic mass is 10.2. The molecular formula is C12H16ClN3O3S2. The summed E-state index contributed by atoms with van der Waals surface area (Å²) >= 11 is 10.7. The van der Waals surface area contributed by atoms with Gasteiger partial charge >= 0.3 is 0 Å². The minimum atomic E-state index is -3.92. The van der Waals surface area contributed by atoms with Gasteiger partial charge in [-0.15, -0.1) is 0 Å². The van der Waals surface area contributed by atoms with Crippen molar-refractivity contribution in [3.8, 4) is 0 Å². The first-order valence-corrected chi connectivity index (χ1v) is 8.16. The van der Waals surface area contributed by atoms with Gasteiger partial charge in [-0.05, 0) is 19.1 Å². The molecule has 21 heavy (non-hydrogen) atoms. The Kier molecular flexibility index (Phi) is 5.68. The van der Waals surface area contributed by atoms with E-state index in [0.29, 0.717) is 5.56 Å². The van der Waals surface area contributed by atoms with Crippen LogP contribution in [0, 0.1) is 0 Å². The summed E-state index contributed by atoms with van der Waals surface area (Å²) in [5.74, 6) is -0.366. The predicted molar refractivity (Wildman–Crippen MR) is 85.8 cm³/mol. The number of halogens is 1. The quantitative estimate of drug-likeness (QED) is 0.764. The number of hydrogen-bond acceptors (Lipinski definition) is 4. The molecule has 0 saturated carbocycles. The molecule has 0 aromatic heterocycles. The van der Waals surface area contributed by atoms with Crippen molar-refractivity contribution in [3.63, 3.8) is 0 Å². The number of carbonyl (C=O) groups excluding carboxylic acids is 1. The van der Waals surface area contributed by atoms with E-state index in [4.69, 9.17) is 29.6 Å². The Morgan fingerprint density at radius 2 is 2.00 bits per heavy atom. The third-order valence-corrected chi connectivity index (χ3v) is 4.91. The highest BCUT2D eigenvalue weighted by Gasteiger charge is 2.25. The van der Waals surface area contributed by atoms with Gasteiger partial charge in [-0.1, -0.05) is 29.9 Å². The minimum Gasteiger partial charge on any atom is -0.389 e. The van der Waals surface area contributed by atoms with E-state index in [0.717, 1.165) is 0 Å². The van der Waals surface area contributed by atoms with Crippen molar-refractivity contribution in [1.29, 1.82) is 0 Å². The van der Waals surface area contributed by atoms with E-state index in [9.17, 15) is 13.2 Å². The fraction of sp³-hybridized carbons (Fsp3) is 0.333. The monoisotopic (exact) mass is 349 g/mol. The Hall–Kier alpha value is -1.22. The molecule has 0 aliphatic heterocycles. The highest BCUT2D eigenvalue weighted by Crippen LogP contribution is 2.23. The van der Waals surface area contributed by atoms with Crippen LogP contribution >= 0.6 is 23.8 Å². The Labute approximate surface area is 134 Å². The molecule has 1 unspecified atom stereocenters. The number of rotatable bonds is 5. The van der Waals surface area contributed by atoms with Crippen LogP contribution in [0.5, 0.6) is 0 Å². The maximum absolute atomic E-state index is 12.2. The second-order valence-corrected chi connectivity index (χ2v) is 7.11. The SMILES string of the molecule is CC(NS(=O)(=O)c1ccc(C(N)=S)cc1Cl)C(=O)N(C)C. The van der Waals surface area contributed by atoms with Gasteiger partial charge in [0.05, 0.1) is 11.1 Å². The van der Waals surface area contributed by atoms with E-state index in [-0.39, 0.29) is 20.8 Å². The fourth-order valence-electron chi connectivity index (χ4n) is 1.61. The first-order chi connectivity index (χ1) is 9.56. The molecule has 1 amide bonds. The lowest BCUT2D eigenvalue weighted by Crippen LogP contribution is -2.44. The van der Waals surface area contributed by atoms with E-state index in [1.807, 2.05) is 0 Å². The van der Waals surface area contributed by atoms with E-state index >= 15 is 0 Å². The zero-order chi connectivity index (χ0) is 16.4. The highest BCUT2D eigenvalue weighted by atomic mass is 35.5. The molecule has 0 aliphatic carbocycles. The zero-order valence-electron chi connectivity index (χ0n) is 11.8. The number of nitrogens with two attached hydrogens (primary N) is 1. The Morgan fingerprint density at radius 1 is 1.43 bits per heavy atom. The van der Waals surface area contributed by atoms with E-state index in [1.54, 1.807) is 0 Å². The molecule has 0 fully saturated rings. The molecule has 1 aromatic rings. The van der Waals surface area contributed by atoms with Crippen molar-refractivity contribution in [2.24, 2.45) is 5.73 Å². The number of nitrogens with one attached hydrogen (secondary N) is 1. The molecule has 1 rings (SSSR count). The molecule has 6 nitrogen and oxygen atoms in total. The molecule has 0 heterocycles. The van der Waals surface area contributed by atoms with Crippen molar-refractivity contribution in [1.82, 2.24) is 9.62 Å². The first-order valence-electron chi connectivity index (χ1n) is 5.89. The van der Waals surface area contributed by atoms with Crippen molar-refractivity contribution in [2.75, 3.05) is 14.1 Å². The maximum Gasteiger partial charge on any atom is 0.242 e. The lowest BCUT2D eigenvalue weighted by Gasteiger charge is -2.18. The van der Waals surface area contributed by atoms with Crippen LogP contribution in [0.4, 0.5) is 0 Å². The second kappa shape index (κ2) is 6.69. The summed E-state index contributed by atoms with van der Waals surface area (Å²) in [4.78, 5) is 13.0. The summed E-state index contributed by atoms with van der Waals surface area (Å²) in [5, 5.41) is -0.0164. The Morgan fingerprint density at radius 3 is 2.43 bits per heavy atom. The van der Waals surface area contributed by atoms with Crippen LogP contribution in [-0.2, 0) is 14.8 Å². The predicted octanol–water partition coefficient (Wildman–Crippen LogP) is 0.729. The molecule has 3 N–H and O–H groups in total. The van der Waals surface area contributed by atoms with Crippen LogP contribution in [-0.4, -0.2) is 44.4 Å². The Bertz CT molecular complexity index is 674. The van der Waals surface area contributed by atoms with Crippen LogP contribution < -0.4 is 10.5 Å². The van der Waals surface area contributed by atoms with Crippen LogP contribution in [0.25, 0.3) is 0 Å². The van der Waals surface area contributed by atoms with Gasteiger partial charge in [-0.25, -0.2) is 8.42 Å². The summed E-state index contributed by atoms with van der Waals surface area (Å²) in [7, 11) is -0.847. The standard InChI is InChI=1S/C12H16ClN3O3S2/c1-7(12(17)16(2)3)15-21(18,19)10-5-4-8(11(14)20)6-9(10)13/h4-7,15H,1-3H3,(H2,14,20). The van der Waals surface area contributed by atoms with Crippen LogP contribution in [0.3, 0.4) is 0 Å². The average Bonchev–Trinajstić information content (AvgIpc) is 2.36. The summed E-state index contributed by atoms with van der Waals surface area (Å²) in [5.41, 5.74) is 5.92. The number of benzene rings is 1. The van der Waals surface area contributed by atoms with Gasteiger partial charge < -0.3 is 10.6 Å². The van der Waals surface area contributed by atoms with E-state index < -0.39 is 16.1 Å². The third kappa shape index (κ3) is 4.37. The van der Waals surface area contributed by atoms with E-state index in [1.165, 1.54) is 44.1 Å². The summed E-state index contributed by atoms with van der Waals surface area (Å²) < 4.78 is 26.8. The smallest absolute Gasteiger partial charge is 0.242 e. The van der Waals surface area contributed by atoms with Crippen molar-refractivity contribution in [2.45, 2.75) is 17.9 Å². The van der Waals surface area contributed by atoms with Crippen molar-refractivity contribution >= 4 is 44.7 Å². The van der Waals surface area contributed by atoms with Crippen LogP contribution in [0.1, 0.15) is 12.5 Å². The van der Waals surface area contributed by atoms with Gasteiger partial charge in [0.1, 0.15) is 9.88 Å². The van der Waals surface area contributed by atoms with Crippen LogP contribution in [0.2, 0.25) is 5.02 Å². The second-order valence-electron chi connectivity index (χ2n) is 4.59. The molecule has 0 bridgehead atoms. The third-order valence-electron chi connectivity index (χ3n) is 2.65. The number of likely N-dealkylation sites (N-methyl/N-ethyl adjacent to an activating group) is 1. The normalized spacial score (nSPS) is 12.8. The summed E-state index contributed by atoms with van der Waals surface area (Å²) in [6.45, 7) is 1.46. The lowest BCUT2D eigenvalue weighted by molar-refractivity contribution is -0.130. The highest BCUT2D eigenvalue weighted by molar-refractivity contribution is 7.89. The maximum atomic E-state index is 12.2. The Balaban J connectivity index is 3.09. The average molecular weight is 350 g/mol. The molecule has 0 spiro atoms. The number of thiocarbonyl (C=S) groups is 1. The topological polar surface area (TPSA) is 92.5 Å². The minimum absolute atomic E-state index is 0.0164. The fourth-order valence-corrected chi connectivity index (χ4v) is 3.47. The first kappa shape index (κ1) is 17.8. The largest absolute Gasteiger partial charge is 0.389 e. The van der Waals surface area contributed by atoms with Gasteiger partial charge in [0, 0.05) is 19.7 Å². The van der Waals surface area contributed by atoms with Gasteiger partial charge in [0.2, 0.25) is 15.9 Å². The molecule has 0 saturated heterocycles. The summed E-state index contributed by atoms with van der Waals surface area (Å²) in [6.07, 6.45) is 0. The van der Waals surface area contributed by atoms with Gasteiger partial charge in [-0.2, -0.15) is 4.72 Å². The molecular weight excluding hydrogens is 334 g/mol. The zero-order valence-corrected chi connectivity index (χ0v) is 14.1. The van der Waals surface area contributed by atoms with Crippen molar-refractivity contribution < 1.29 is 13.2 Å². The van der Waals surface area contributed by atoms with Crippen LogP contribution in [0.15, 0.2) is 23.1 Å². The van der Waals surface area contributed by atoms with Gasteiger partial charge in [0.15, 0.2) is 0 Å². The number of amides is 1. The number of nitrogens with zero attached hydrogens (tertiary/aromatic N) is 1. The molecule has 1 atom stereocenters. The number of hydrogen-bond donors (Lipinski definition) is 2. The van der Waals surface area contributed by atoms with Gasteiger partial charge in [0.25, 0.3) is 0 Å². The molecule has 0 radical (unpaired) electrons. The molecule has 116 valence electrons. The van der Waals surface area contributed by atoms with Gasteiger partial charge in [-0.3, -0.25) is 4.79 Å². The summed E-state index contributed by atoms with van der Waals surface area (Å²) in [6, 6.07) is 3.22. The molecule has 9 heteroatoms. The van der Waals surface area contributed by atoms with E-state index in [2.05, 4.69) is 4.72 Å². The number of carbonyl (C=O) groups is 1.